The number of hydrogen-bond acceptors (Lipinski definition) is 7. The van der Waals surface area contributed by atoms with E-state index in [1.807, 2.05) is 24.3 Å². The van der Waals surface area contributed by atoms with Crippen LogP contribution in [0.15, 0.2) is 58.4 Å². The van der Waals surface area contributed by atoms with E-state index in [4.69, 9.17) is 9.90 Å². The first-order valence-corrected chi connectivity index (χ1v) is 13.6. The summed E-state index contributed by atoms with van der Waals surface area (Å²) in [6.45, 7) is 1.81. The predicted molar refractivity (Wildman–Crippen MR) is 138 cm³/mol. The fraction of sp³-hybridized carbons (Fsp3) is 0.400. The van der Waals surface area contributed by atoms with Gasteiger partial charge in [0.1, 0.15) is 16.5 Å². The lowest BCUT2D eigenvalue weighted by Gasteiger charge is -2.22. The molecule has 1 aliphatic heterocycles. The van der Waals surface area contributed by atoms with Crippen molar-refractivity contribution >= 4 is 27.7 Å². The van der Waals surface area contributed by atoms with Gasteiger partial charge in [0.2, 0.25) is 15.9 Å². The fourth-order valence-electron chi connectivity index (χ4n) is 3.45. The zero-order valence-corrected chi connectivity index (χ0v) is 23.2. The van der Waals surface area contributed by atoms with E-state index >= 15 is 0 Å². The van der Waals surface area contributed by atoms with Crippen molar-refractivity contribution in [3.05, 3.63) is 59.7 Å². The second kappa shape index (κ2) is 14.4. The van der Waals surface area contributed by atoms with Crippen molar-refractivity contribution in [2.24, 2.45) is 4.99 Å². The number of carboxylic acids is 1. The molecule has 1 aliphatic rings. The number of amidine groups is 1. The molecule has 42 heavy (non-hydrogen) atoms. The topological polar surface area (TPSA) is 129 Å². The largest absolute Gasteiger partial charge is 0.573 e. The number of rotatable bonds is 10. The summed E-state index contributed by atoms with van der Waals surface area (Å²) in [6.07, 6.45) is -9.64. The normalized spacial score (nSPS) is 13.5. The van der Waals surface area contributed by atoms with Gasteiger partial charge in [-0.3, -0.25) is 9.79 Å². The van der Waals surface area contributed by atoms with Crippen LogP contribution < -0.4 is 10.1 Å². The zero-order valence-electron chi connectivity index (χ0n) is 22.4. The quantitative estimate of drug-likeness (QED) is 0.388. The maximum Gasteiger partial charge on any atom is 0.573 e. The Morgan fingerprint density at radius 3 is 2.12 bits per heavy atom. The number of hydrogen-bond donors (Lipinski definition) is 2. The minimum Gasteiger partial charge on any atom is -0.475 e. The number of nitrogens with zero attached hydrogens (tertiary/aromatic N) is 3. The lowest BCUT2D eigenvalue weighted by atomic mass is 10.1. The van der Waals surface area contributed by atoms with Crippen LogP contribution in [0.5, 0.6) is 5.75 Å². The Hall–Kier alpha value is -3.86. The van der Waals surface area contributed by atoms with Crippen LogP contribution in [-0.4, -0.2) is 93.3 Å². The van der Waals surface area contributed by atoms with E-state index in [1.165, 1.54) is 24.1 Å². The number of para-hydroxylation sites is 1. The van der Waals surface area contributed by atoms with Gasteiger partial charge in [-0.15, -0.1) is 13.2 Å². The minimum absolute atomic E-state index is 0.126. The third kappa shape index (κ3) is 10.5. The SMILES string of the molecule is CN(CCc1ccc(C2=NCCN2)cc1)C(=O)CCN(C)S(=O)(=O)c1ccccc1OC(F)(F)F.O=C(O)C(F)(F)F. The average molecular weight is 627 g/mol. The molecule has 232 valence electrons. The van der Waals surface area contributed by atoms with E-state index in [2.05, 4.69) is 15.0 Å². The van der Waals surface area contributed by atoms with Crippen LogP contribution in [0.1, 0.15) is 17.5 Å². The van der Waals surface area contributed by atoms with Gasteiger partial charge in [0.25, 0.3) is 0 Å². The number of likely N-dealkylation sites (N-methyl/N-ethyl adjacent to an activating group) is 1. The Labute approximate surface area is 237 Å². The number of halogens is 6. The number of aliphatic imine (C=N–C) groups is 1. The molecular formula is C25H28F6N4O6S. The molecule has 1 amide bonds. The molecular weight excluding hydrogens is 598 g/mol. The van der Waals surface area contributed by atoms with E-state index in [0.717, 1.165) is 46.5 Å². The summed E-state index contributed by atoms with van der Waals surface area (Å²) in [6, 6.07) is 12.4. The first-order valence-electron chi connectivity index (χ1n) is 12.1. The summed E-state index contributed by atoms with van der Waals surface area (Å²) < 4.78 is 100.0. The summed E-state index contributed by atoms with van der Waals surface area (Å²) in [5, 5.41) is 10.3. The van der Waals surface area contributed by atoms with Crippen LogP contribution >= 0.6 is 0 Å². The van der Waals surface area contributed by atoms with Crippen molar-refractivity contribution in [2.45, 2.75) is 30.3 Å². The molecule has 17 heteroatoms. The summed E-state index contributed by atoms with van der Waals surface area (Å²) in [5.41, 5.74) is 2.04. The summed E-state index contributed by atoms with van der Waals surface area (Å²) >= 11 is 0. The van der Waals surface area contributed by atoms with Crippen LogP contribution in [0.3, 0.4) is 0 Å². The maximum atomic E-state index is 12.8. The van der Waals surface area contributed by atoms with Gasteiger partial charge in [-0.05, 0) is 24.1 Å². The van der Waals surface area contributed by atoms with Crippen molar-refractivity contribution in [3.63, 3.8) is 0 Å². The lowest BCUT2D eigenvalue weighted by Crippen LogP contribution is -2.34. The zero-order chi connectivity index (χ0) is 31.7. The van der Waals surface area contributed by atoms with E-state index in [9.17, 15) is 39.6 Å². The molecule has 0 aliphatic carbocycles. The molecule has 1 heterocycles. The number of alkyl halides is 6. The number of amides is 1. The first-order chi connectivity index (χ1) is 19.4. The van der Waals surface area contributed by atoms with Gasteiger partial charge < -0.3 is 20.1 Å². The average Bonchev–Trinajstić information content (AvgIpc) is 3.44. The Kier molecular flexibility index (Phi) is 11.7. The molecule has 0 saturated carbocycles. The van der Waals surface area contributed by atoms with Crippen LogP contribution in [0.2, 0.25) is 0 Å². The predicted octanol–water partition coefficient (Wildman–Crippen LogP) is 3.28. The van der Waals surface area contributed by atoms with Gasteiger partial charge in [0.15, 0.2) is 0 Å². The fourth-order valence-corrected chi connectivity index (χ4v) is 4.73. The molecule has 0 radical (unpaired) electrons. The van der Waals surface area contributed by atoms with Crippen molar-refractivity contribution in [1.29, 1.82) is 0 Å². The number of sulfonamides is 1. The van der Waals surface area contributed by atoms with Crippen molar-refractivity contribution in [2.75, 3.05) is 40.3 Å². The third-order valence-electron chi connectivity index (χ3n) is 5.71. The van der Waals surface area contributed by atoms with E-state index in [1.54, 1.807) is 7.05 Å². The van der Waals surface area contributed by atoms with Crippen LogP contribution in [0.25, 0.3) is 0 Å². The number of aliphatic carboxylic acids is 1. The molecule has 0 aromatic heterocycles. The van der Waals surface area contributed by atoms with Crippen LogP contribution in [0.4, 0.5) is 26.3 Å². The number of ether oxygens (including phenoxy) is 1. The molecule has 2 N–H and O–H groups in total. The molecule has 0 atom stereocenters. The van der Waals surface area contributed by atoms with E-state index < -0.39 is 39.2 Å². The Bertz CT molecular complexity index is 1360. The molecule has 3 rings (SSSR count). The number of carbonyl (C=O) groups excluding carboxylic acids is 1. The maximum absolute atomic E-state index is 12.8. The Balaban J connectivity index is 0.000000782. The van der Waals surface area contributed by atoms with Crippen molar-refractivity contribution in [1.82, 2.24) is 14.5 Å². The molecule has 0 unspecified atom stereocenters. The molecule has 2 aromatic rings. The van der Waals surface area contributed by atoms with Gasteiger partial charge >= 0.3 is 18.5 Å². The second-order valence-corrected chi connectivity index (χ2v) is 10.8. The lowest BCUT2D eigenvalue weighted by molar-refractivity contribution is -0.275. The molecule has 0 fully saturated rings. The Morgan fingerprint density at radius 2 is 1.60 bits per heavy atom. The molecule has 0 bridgehead atoms. The highest BCUT2D eigenvalue weighted by Crippen LogP contribution is 2.31. The smallest absolute Gasteiger partial charge is 0.475 e. The number of benzene rings is 2. The van der Waals surface area contributed by atoms with Gasteiger partial charge in [0, 0.05) is 45.7 Å². The number of carbonyl (C=O) groups is 2. The van der Waals surface area contributed by atoms with Crippen molar-refractivity contribution < 1.29 is 54.2 Å². The first kappa shape index (κ1) is 34.3. The monoisotopic (exact) mass is 626 g/mol. The third-order valence-corrected chi connectivity index (χ3v) is 7.61. The standard InChI is InChI=1S/C23H27F3N4O4S.C2HF3O2/c1-29(15-11-17-7-9-18(10-8-17)22-27-13-14-28-22)21(31)12-16-30(2)35(32,33)20-6-4-3-5-19(20)34-23(24,25)26;3-2(4,5)1(6)7/h3-10H,11-16H2,1-2H3,(H,27,28);(H,6,7). The van der Waals surface area contributed by atoms with Gasteiger partial charge in [-0.1, -0.05) is 36.4 Å². The molecule has 2 aromatic carbocycles. The minimum atomic E-state index is -5.08. The molecule has 10 nitrogen and oxygen atoms in total. The summed E-state index contributed by atoms with van der Waals surface area (Å²) in [4.78, 5) is 26.7. The van der Waals surface area contributed by atoms with E-state index in [0.29, 0.717) is 13.0 Å². The summed E-state index contributed by atoms with van der Waals surface area (Å²) in [5.74, 6) is -2.99. The number of nitrogens with one attached hydrogen (secondary N) is 1. The highest BCUT2D eigenvalue weighted by molar-refractivity contribution is 7.89. The van der Waals surface area contributed by atoms with Crippen molar-refractivity contribution in [3.8, 4) is 5.75 Å². The van der Waals surface area contributed by atoms with Crippen LogP contribution in [0, 0.1) is 0 Å². The second-order valence-electron chi connectivity index (χ2n) is 8.79. The van der Waals surface area contributed by atoms with Gasteiger partial charge in [-0.2, -0.15) is 13.2 Å². The highest BCUT2D eigenvalue weighted by atomic mass is 32.2. The summed E-state index contributed by atoms with van der Waals surface area (Å²) in [7, 11) is -1.48. The van der Waals surface area contributed by atoms with Gasteiger partial charge in [-0.25, -0.2) is 17.5 Å². The Morgan fingerprint density at radius 1 is 1.00 bits per heavy atom. The number of carboxylic acid groups (broad SMARTS) is 1. The van der Waals surface area contributed by atoms with Gasteiger partial charge in [0.05, 0.1) is 6.54 Å². The highest BCUT2D eigenvalue weighted by Gasteiger charge is 2.38. The van der Waals surface area contributed by atoms with Crippen LogP contribution in [-0.2, 0) is 26.0 Å². The molecule has 0 saturated heterocycles. The molecule has 0 spiro atoms. The van der Waals surface area contributed by atoms with E-state index in [-0.39, 0.29) is 18.9 Å².